The summed E-state index contributed by atoms with van der Waals surface area (Å²) in [6.45, 7) is 25.0. The number of nitrogens with one attached hydrogen (secondary N) is 2. The van der Waals surface area contributed by atoms with E-state index in [0.717, 1.165) is 43.0 Å². The first-order valence-electron chi connectivity index (χ1n) is 15.1. The third-order valence-corrected chi connectivity index (χ3v) is 6.79. The molecule has 1 aromatic rings. The molecule has 3 rings (SSSR count). The fourth-order valence-electron chi connectivity index (χ4n) is 3.85. The first-order chi connectivity index (χ1) is 20.5. The molecule has 0 atom stereocenters. The van der Waals surface area contributed by atoms with E-state index < -0.39 is 0 Å². The number of amides is 1. The summed E-state index contributed by atoms with van der Waals surface area (Å²) in [6.07, 6.45) is 16.4. The summed E-state index contributed by atoms with van der Waals surface area (Å²) in [7, 11) is 0. The van der Waals surface area contributed by atoms with Gasteiger partial charge in [0.15, 0.2) is 0 Å². The van der Waals surface area contributed by atoms with Gasteiger partial charge in [-0.15, -0.1) is 0 Å². The molecule has 1 amide bonds. The van der Waals surface area contributed by atoms with E-state index in [1.807, 2.05) is 6.92 Å². The highest BCUT2D eigenvalue weighted by Gasteiger charge is 2.28. The van der Waals surface area contributed by atoms with Gasteiger partial charge in [0.1, 0.15) is 11.6 Å². The Hall–Kier alpha value is -4.19. The van der Waals surface area contributed by atoms with Crippen LogP contribution in [0.25, 0.3) is 5.70 Å². The minimum absolute atomic E-state index is 0.0914. The van der Waals surface area contributed by atoms with Crippen molar-refractivity contribution in [2.45, 2.75) is 80.7 Å². The van der Waals surface area contributed by atoms with Crippen LogP contribution in [-0.4, -0.2) is 41.6 Å². The van der Waals surface area contributed by atoms with Crippen LogP contribution in [0.1, 0.15) is 78.9 Å². The van der Waals surface area contributed by atoms with Crippen LogP contribution in [0.15, 0.2) is 107 Å². The van der Waals surface area contributed by atoms with E-state index in [4.69, 9.17) is 0 Å². The van der Waals surface area contributed by atoms with E-state index in [0.29, 0.717) is 6.42 Å². The Morgan fingerprint density at radius 3 is 2.16 bits per heavy atom. The van der Waals surface area contributed by atoms with Crippen LogP contribution in [-0.2, 0) is 9.59 Å². The standard InChI is InChI=1S/C17H26N2O.C16H18N2.C4H8O/c1-5-8-9-10-16(11-14(4)6-2)19-12-15(13-19)18-17(20)7-3;1-5-17-16-14(11(2)3)10-15(18-16)13-8-6-12(4)7-9-13;1-3-4(2)5/h7-11,15H,3,5-6,12-13H2,1-2,4H3,(H,18,20);5-10H,1H2,2-4H3,(H,17,18);3H2,1-2H3/b9-8+,14-11+,16-10+;;. The molecular formula is C37H52N4O2. The number of nitrogens with zero attached hydrogens (tertiary/aromatic N) is 2. The van der Waals surface area contributed by atoms with Crippen molar-refractivity contribution in [2.75, 3.05) is 13.1 Å². The van der Waals surface area contributed by atoms with Gasteiger partial charge in [-0.3, -0.25) is 4.79 Å². The van der Waals surface area contributed by atoms with E-state index in [2.05, 4.69) is 130 Å². The van der Waals surface area contributed by atoms with Gasteiger partial charge >= 0.3 is 0 Å². The summed E-state index contributed by atoms with van der Waals surface area (Å²) < 4.78 is 0. The van der Waals surface area contributed by atoms with Crippen LogP contribution in [0, 0.1) is 6.92 Å². The van der Waals surface area contributed by atoms with E-state index >= 15 is 0 Å². The van der Waals surface area contributed by atoms with Gasteiger partial charge in [-0.1, -0.05) is 87.1 Å². The molecule has 2 N–H and O–H groups in total. The Balaban J connectivity index is 0.000000373. The highest BCUT2D eigenvalue weighted by molar-refractivity contribution is 6.11. The quantitative estimate of drug-likeness (QED) is 0.216. The predicted molar refractivity (Wildman–Crippen MR) is 185 cm³/mol. The van der Waals surface area contributed by atoms with Crippen LogP contribution < -0.4 is 10.6 Å². The van der Waals surface area contributed by atoms with Gasteiger partial charge in [0.05, 0.1) is 6.04 Å². The first-order valence-corrected chi connectivity index (χ1v) is 15.1. The van der Waals surface area contributed by atoms with E-state index in [-0.39, 0.29) is 17.7 Å². The summed E-state index contributed by atoms with van der Waals surface area (Å²) in [6, 6.07) is 8.70. The first kappa shape index (κ1) is 36.8. The van der Waals surface area contributed by atoms with Crippen molar-refractivity contribution in [3.8, 4) is 0 Å². The molecule has 0 aromatic heterocycles. The number of hydrogen-bond acceptors (Lipinski definition) is 4. The highest BCUT2D eigenvalue weighted by Crippen LogP contribution is 2.24. The Morgan fingerprint density at radius 1 is 1.05 bits per heavy atom. The number of hydrogen-bond donors (Lipinski definition) is 2. The Bertz CT molecular complexity index is 1280. The van der Waals surface area contributed by atoms with Gasteiger partial charge in [-0.2, -0.15) is 0 Å². The maximum Gasteiger partial charge on any atom is 0.243 e. The highest BCUT2D eigenvalue weighted by atomic mass is 16.1. The zero-order valence-corrected chi connectivity index (χ0v) is 27.6. The molecule has 1 fully saturated rings. The second kappa shape index (κ2) is 19.8. The van der Waals surface area contributed by atoms with Crippen molar-refractivity contribution < 1.29 is 9.59 Å². The average Bonchev–Trinajstić information content (AvgIpc) is 3.39. The molecule has 0 radical (unpaired) electrons. The summed E-state index contributed by atoms with van der Waals surface area (Å²) in [5, 5.41) is 6.26. The predicted octanol–water partition coefficient (Wildman–Crippen LogP) is 7.98. The summed E-state index contributed by atoms with van der Waals surface area (Å²) in [4.78, 5) is 27.6. The number of aryl methyl sites for hydroxylation is 1. The largest absolute Gasteiger partial charge is 0.367 e. The minimum atomic E-state index is -0.0914. The number of carbonyl (C=O) groups excluding carboxylic acids is 2. The zero-order valence-electron chi connectivity index (χ0n) is 27.6. The normalized spacial score (nSPS) is 15.8. The number of likely N-dealkylation sites (tertiary alicyclic amines) is 1. The third-order valence-electron chi connectivity index (χ3n) is 6.79. The summed E-state index contributed by atoms with van der Waals surface area (Å²) in [5.74, 6) is 1.04. The molecule has 6 heteroatoms. The molecule has 2 aliphatic heterocycles. The monoisotopic (exact) mass is 584 g/mol. The molecule has 0 spiro atoms. The van der Waals surface area contributed by atoms with Crippen LogP contribution in [0.2, 0.25) is 0 Å². The van der Waals surface area contributed by atoms with E-state index in [1.54, 1.807) is 13.1 Å². The maximum absolute atomic E-state index is 11.2. The second-order valence-corrected chi connectivity index (χ2v) is 10.8. The van der Waals surface area contributed by atoms with Gasteiger partial charge < -0.3 is 20.3 Å². The lowest BCUT2D eigenvalue weighted by atomic mass is 10.1. The van der Waals surface area contributed by atoms with Gasteiger partial charge in [-0.25, -0.2) is 4.99 Å². The molecule has 0 bridgehead atoms. The van der Waals surface area contributed by atoms with Crippen LogP contribution in [0.5, 0.6) is 0 Å². The summed E-state index contributed by atoms with van der Waals surface area (Å²) in [5.41, 5.74) is 8.49. The summed E-state index contributed by atoms with van der Waals surface area (Å²) >= 11 is 0. The van der Waals surface area contributed by atoms with Crippen molar-refractivity contribution in [1.82, 2.24) is 15.5 Å². The zero-order chi connectivity index (χ0) is 32.4. The number of carbonyl (C=O) groups is 2. The molecule has 6 nitrogen and oxygen atoms in total. The van der Waals surface area contributed by atoms with Crippen molar-refractivity contribution in [3.63, 3.8) is 0 Å². The lowest BCUT2D eigenvalue weighted by Crippen LogP contribution is -2.58. The van der Waals surface area contributed by atoms with Gasteiger partial charge in [0.25, 0.3) is 0 Å². The molecule has 232 valence electrons. The number of allylic oxidation sites excluding steroid dienone is 6. The minimum Gasteiger partial charge on any atom is -0.367 e. The fraction of sp³-hybridized carbons (Fsp3) is 0.378. The third kappa shape index (κ3) is 13.6. The topological polar surface area (TPSA) is 73.8 Å². The molecule has 2 heterocycles. The van der Waals surface area contributed by atoms with Crippen LogP contribution in [0.3, 0.4) is 0 Å². The van der Waals surface area contributed by atoms with Crippen molar-refractivity contribution in [1.29, 1.82) is 0 Å². The lowest BCUT2D eigenvalue weighted by Gasteiger charge is -2.42. The van der Waals surface area contributed by atoms with Crippen LogP contribution >= 0.6 is 0 Å². The Kier molecular flexibility index (Phi) is 17.0. The molecule has 2 aliphatic rings. The number of amidine groups is 1. The number of ketones is 1. The Labute approximate surface area is 260 Å². The average molecular weight is 585 g/mol. The number of benzene rings is 1. The van der Waals surface area contributed by atoms with Gasteiger partial charge in [-0.05, 0) is 77.3 Å². The fourth-order valence-corrected chi connectivity index (χ4v) is 3.85. The molecule has 0 unspecified atom stereocenters. The smallest absolute Gasteiger partial charge is 0.243 e. The van der Waals surface area contributed by atoms with Gasteiger partial charge in [0.2, 0.25) is 5.91 Å². The van der Waals surface area contributed by atoms with Crippen molar-refractivity contribution >= 4 is 23.2 Å². The van der Waals surface area contributed by atoms with Crippen molar-refractivity contribution in [2.24, 2.45) is 4.99 Å². The molecule has 0 aliphatic carbocycles. The van der Waals surface area contributed by atoms with Crippen LogP contribution in [0.4, 0.5) is 0 Å². The Morgan fingerprint density at radius 2 is 1.67 bits per heavy atom. The van der Waals surface area contributed by atoms with E-state index in [9.17, 15) is 9.59 Å². The molecule has 0 saturated carbocycles. The number of rotatable bonds is 10. The maximum atomic E-state index is 11.2. The van der Waals surface area contributed by atoms with Crippen molar-refractivity contribution in [3.05, 3.63) is 114 Å². The molecular weight excluding hydrogens is 532 g/mol. The molecule has 1 saturated heterocycles. The van der Waals surface area contributed by atoms with Gasteiger partial charge in [0, 0.05) is 42.7 Å². The molecule has 43 heavy (non-hydrogen) atoms. The number of aliphatic imine (C=N–C) groups is 1. The number of Topliss-reactive ketones (excluding diaryl/α,β-unsaturated/α-hetero) is 1. The second-order valence-electron chi connectivity index (χ2n) is 10.8. The molecule has 1 aromatic carbocycles. The van der Waals surface area contributed by atoms with E-state index in [1.165, 1.54) is 34.0 Å². The lowest BCUT2D eigenvalue weighted by molar-refractivity contribution is -0.118. The SMILES string of the molecule is C=CC(=O)NC1CN(C(/C=C(\C)CC)=C/C=C/CC)C1.C=CN=C1NC(c2ccc(C)cc2)=CC1=C(C)C.CCC(C)=O.